The van der Waals surface area contributed by atoms with Crippen molar-refractivity contribution in [1.82, 2.24) is 15.6 Å². The monoisotopic (exact) mass is 464 g/mol. The van der Waals surface area contributed by atoms with E-state index in [2.05, 4.69) is 46.6 Å². The van der Waals surface area contributed by atoms with E-state index >= 15 is 0 Å². The van der Waals surface area contributed by atoms with Gasteiger partial charge >= 0.3 is 0 Å². The number of guanidine groups is 1. The normalized spacial score (nSPS) is 11.3. The number of hydrogen-bond acceptors (Lipinski definition) is 3. The van der Waals surface area contributed by atoms with Gasteiger partial charge < -0.3 is 15.1 Å². The van der Waals surface area contributed by atoms with Gasteiger partial charge in [-0.25, -0.2) is 0 Å². The number of rotatable bonds is 5. The Balaban J connectivity index is 0.00000243. The van der Waals surface area contributed by atoms with Crippen molar-refractivity contribution in [2.45, 2.75) is 26.8 Å². The highest BCUT2D eigenvalue weighted by atomic mass is 127. The summed E-state index contributed by atoms with van der Waals surface area (Å²) in [6.45, 7) is 5.59. The maximum Gasteiger partial charge on any atom is 0.191 e. The van der Waals surface area contributed by atoms with E-state index in [0.717, 1.165) is 35.7 Å². The molecule has 3 aromatic rings. The van der Waals surface area contributed by atoms with Gasteiger partial charge in [0.05, 0.1) is 6.54 Å². The number of nitrogens with one attached hydrogen (secondary N) is 2. The second kappa shape index (κ2) is 9.56. The van der Waals surface area contributed by atoms with E-state index in [1.165, 1.54) is 16.7 Å². The van der Waals surface area contributed by atoms with E-state index < -0.39 is 0 Å². The van der Waals surface area contributed by atoms with Crippen molar-refractivity contribution >= 4 is 40.9 Å². The summed E-state index contributed by atoms with van der Waals surface area (Å²) in [6.07, 6.45) is 4.66. The van der Waals surface area contributed by atoms with E-state index in [4.69, 9.17) is 4.42 Å². The van der Waals surface area contributed by atoms with Gasteiger partial charge in [-0.1, -0.05) is 18.2 Å². The third-order valence-corrected chi connectivity index (χ3v) is 4.41. The summed E-state index contributed by atoms with van der Waals surface area (Å²) >= 11 is 0. The largest absolute Gasteiger partial charge is 0.459 e. The summed E-state index contributed by atoms with van der Waals surface area (Å²) in [5.41, 5.74) is 4.61. The topological polar surface area (TPSA) is 62.5 Å². The number of para-hydroxylation sites is 1. The van der Waals surface area contributed by atoms with Crippen molar-refractivity contribution in [1.29, 1.82) is 0 Å². The van der Waals surface area contributed by atoms with Crippen LogP contribution in [0.15, 0.2) is 52.1 Å². The first kappa shape index (κ1) is 20.2. The molecule has 0 spiro atoms. The van der Waals surface area contributed by atoms with Crippen LogP contribution in [0.4, 0.5) is 0 Å². The van der Waals surface area contributed by atoms with Crippen LogP contribution in [0.1, 0.15) is 22.5 Å². The Kier molecular flexibility index (Phi) is 7.44. The van der Waals surface area contributed by atoms with Crippen molar-refractivity contribution in [2.75, 3.05) is 13.6 Å². The average molecular weight is 464 g/mol. The minimum absolute atomic E-state index is 0. The summed E-state index contributed by atoms with van der Waals surface area (Å²) in [4.78, 5) is 8.41. The molecule has 0 saturated carbocycles. The third-order valence-electron chi connectivity index (χ3n) is 4.41. The number of aliphatic imine (C=N–C) groups is 1. The summed E-state index contributed by atoms with van der Waals surface area (Å²) in [5, 5.41) is 7.83. The minimum Gasteiger partial charge on any atom is -0.459 e. The standard InChI is InChI=1S/C20H24N4O.HI/c1-14-12-22-10-8-16(14)9-11-23-20(21-3)24-13-19-15(2)17-6-4-5-7-18(17)25-19;/h4-8,10,12H,9,11,13H2,1-3H3,(H2,21,23,24);1H. The second-order valence-electron chi connectivity index (χ2n) is 6.05. The lowest BCUT2D eigenvalue weighted by molar-refractivity contribution is 0.534. The smallest absolute Gasteiger partial charge is 0.191 e. The van der Waals surface area contributed by atoms with Gasteiger partial charge in [0, 0.05) is 36.9 Å². The zero-order chi connectivity index (χ0) is 17.6. The Morgan fingerprint density at radius 2 is 1.96 bits per heavy atom. The fourth-order valence-electron chi connectivity index (χ4n) is 2.88. The molecule has 2 heterocycles. The Bertz CT molecular complexity index is 888. The van der Waals surface area contributed by atoms with Gasteiger partial charge in [-0.05, 0) is 43.5 Å². The molecule has 2 N–H and O–H groups in total. The first-order chi connectivity index (χ1) is 12.2. The molecular formula is C20H25IN4O. The molecule has 0 aliphatic carbocycles. The van der Waals surface area contributed by atoms with Gasteiger partial charge in [0.1, 0.15) is 11.3 Å². The van der Waals surface area contributed by atoms with Crippen molar-refractivity contribution in [3.63, 3.8) is 0 Å². The molecule has 1 aromatic carbocycles. The molecule has 0 fully saturated rings. The van der Waals surface area contributed by atoms with Gasteiger partial charge in [0.2, 0.25) is 0 Å². The van der Waals surface area contributed by atoms with Crippen LogP contribution in [0.25, 0.3) is 11.0 Å². The predicted octanol–water partition coefficient (Wildman–Crippen LogP) is 3.97. The molecule has 3 rings (SSSR count). The first-order valence-electron chi connectivity index (χ1n) is 8.50. The van der Waals surface area contributed by atoms with E-state index in [1.807, 2.05) is 30.6 Å². The minimum atomic E-state index is 0. The number of aromatic nitrogens is 1. The van der Waals surface area contributed by atoms with Crippen LogP contribution >= 0.6 is 24.0 Å². The second-order valence-corrected chi connectivity index (χ2v) is 6.05. The molecule has 0 amide bonds. The molecule has 5 nitrogen and oxygen atoms in total. The highest BCUT2D eigenvalue weighted by Crippen LogP contribution is 2.24. The molecule has 6 heteroatoms. The number of fused-ring (bicyclic) bond motifs is 1. The van der Waals surface area contributed by atoms with Crippen molar-refractivity contribution in [3.8, 4) is 0 Å². The van der Waals surface area contributed by atoms with E-state index in [1.54, 1.807) is 7.05 Å². The lowest BCUT2D eigenvalue weighted by Gasteiger charge is -2.12. The Morgan fingerprint density at radius 1 is 1.15 bits per heavy atom. The van der Waals surface area contributed by atoms with Crippen LogP contribution in [0.5, 0.6) is 0 Å². The summed E-state index contributed by atoms with van der Waals surface area (Å²) in [6, 6.07) is 10.2. The number of aryl methyl sites for hydroxylation is 2. The molecule has 138 valence electrons. The molecule has 0 aliphatic rings. The zero-order valence-electron chi connectivity index (χ0n) is 15.4. The van der Waals surface area contributed by atoms with Crippen LogP contribution in [0.3, 0.4) is 0 Å². The number of nitrogens with zero attached hydrogens (tertiary/aromatic N) is 2. The molecule has 2 aromatic heterocycles. The summed E-state index contributed by atoms with van der Waals surface area (Å²) < 4.78 is 5.93. The van der Waals surface area contributed by atoms with E-state index in [9.17, 15) is 0 Å². The zero-order valence-corrected chi connectivity index (χ0v) is 17.7. The molecular weight excluding hydrogens is 439 g/mol. The third kappa shape index (κ3) is 4.75. The maximum atomic E-state index is 5.93. The molecule has 0 atom stereocenters. The van der Waals surface area contributed by atoms with Crippen LogP contribution < -0.4 is 10.6 Å². The molecule has 26 heavy (non-hydrogen) atoms. The van der Waals surface area contributed by atoms with Gasteiger partial charge in [0.25, 0.3) is 0 Å². The lowest BCUT2D eigenvalue weighted by atomic mass is 10.1. The fraction of sp³-hybridized carbons (Fsp3) is 0.300. The van der Waals surface area contributed by atoms with Crippen LogP contribution in [-0.4, -0.2) is 24.5 Å². The van der Waals surface area contributed by atoms with E-state index in [-0.39, 0.29) is 24.0 Å². The van der Waals surface area contributed by atoms with Crippen molar-refractivity contribution in [3.05, 3.63) is 65.2 Å². The van der Waals surface area contributed by atoms with E-state index in [0.29, 0.717) is 6.54 Å². The average Bonchev–Trinajstić information content (AvgIpc) is 2.96. The maximum absolute atomic E-state index is 5.93. The number of pyridine rings is 1. The molecule has 0 aliphatic heterocycles. The molecule has 0 radical (unpaired) electrons. The number of furan rings is 1. The van der Waals surface area contributed by atoms with Crippen LogP contribution in [-0.2, 0) is 13.0 Å². The quantitative estimate of drug-likeness (QED) is 0.341. The van der Waals surface area contributed by atoms with Gasteiger partial charge in [-0.15, -0.1) is 24.0 Å². The predicted molar refractivity (Wildman–Crippen MR) is 117 cm³/mol. The highest BCUT2D eigenvalue weighted by molar-refractivity contribution is 14.0. The number of benzene rings is 1. The van der Waals surface area contributed by atoms with Gasteiger partial charge in [0.15, 0.2) is 5.96 Å². The Morgan fingerprint density at radius 3 is 2.69 bits per heavy atom. The number of halogens is 1. The van der Waals surface area contributed by atoms with Crippen LogP contribution in [0.2, 0.25) is 0 Å². The molecule has 0 unspecified atom stereocenters. The Hall–Kier alpha value is -2.09. The summed E-state index contributed by atoms with van der Waals surface area (Å²) in [7, 11) is 1.78. The first-order valence-corrected chi connectivity index (χ1v) is 8.50. The van der Waals surface area contributed by atoms with Crippen molar-refractivity contribution in [2.24, 2.45) is 4.99 Å². The van der Waals surface area contributed by atoms with Crippen molar-refractivity contribution < 1.29 is 4.42 Å². The van der Waals surface area contributed by atoms with Crippen LogP contribution in [0, 0.1) is 13.8 Å². The lowest BCUT2D eigenvalue weighted by Crippen LogP contribution is -2.37. The van der Waals surface area contributed by atoms with Gasteiger partial charge in [-0.3, -0.25) is 9.98 Å². The fourth-order valence-corrected chi connectivity index (χ4v) is 2.88. The summed E-state index contributed by atoms with van der Waals surface area (Å²) in [5.74, 6) is 1.71. The highest BCUT2D eigenvalue weighted by Gasteiger charge is 2.10. The number of hydrogen-bond donors (Lipinski definition) is 2. The van der Waals surface area contributed by atoms with Gasteiger partial charge in [-0.2, -0.15) is 0 Å². The Labute approximate surface area is 171 Å². The molecule has 0 bridgehead atoms. The molecule has 0 saturated heterocycles. The SMILES string of the molecule is CN=C(NCCc1ccncc1C)NCc1oc2ccccc2c1C.I.